The highest BCUT2D eigenvalue weighted by molar-refractivity contribution is 4.96. The van der Waals surface area contributed by atoms with Crippen LogP contribution in [0.5, 0.6) is 0 Å². The van der Waals surface area contributed by atoms with E-state index in [0.717, 1.165) is 0 Å². The van der Waals surface area contributed by atoms with Crippen LogP contribution in [0.1, 0.15) is 13.8 Å². The fourth-order valence-electron chi connectivity index (χ4n) is 1.34. The van der Waals surface area contributed by atoms with Gasteiger partial charge in [-0.15, -0.1) is 0 Å². The van der Waals surface area contributed by atoms with Gasteiger partial charge >= 0.3 is 0 Å². The van der Waals surface area contributed by atoms with Crippen molar-refractivity contribution in [2.24, 2.45) is 0 Å². The highest BCUT2D eigenvalue weighted by Crippen LogP contribution is 2.06. The molecule has 0 saturated carbocycles. The summed E-state index contributed by atoms with van der Waals surface area (Å²) < 4.78 is 0. The molecular weight excluding hydrogens is 136 g/mol. The molecule has 1 fully saturated rings. The third kappa shape index (κ3) is 2.22. The Bertz CT molecular complexity index is 144. The second-order valence-corrected chi connectivity index (χ2v) is 3.22. The molecule has 0 unspecified atom stereocenters. The zero-order valence-corrected chi connectivity index (χ0v) is 7.80. The molecule has 11 heavy (non-hydrogen) atoms. The van der Waals surface area contributed by atoms with Gasteiger partial charge in [0.05, 0.1) is 0 Å². The summed E-state index contributed by atoms with van der Waals surface area (Å²) in [5, 5.41) is 0. The molecule has 0 bridgehead atoms. The minimum absolute atomic E-state index is 1.19. The maximum absolute atomic E-state index is 2.44. The Balaban J connectivity index is 2.39. The van der Waals surface area contributed by atoms with Crippen molar-refractivity contribution in [2.45, 2.75) is 13.8 Å². The summed E-state index contributed by atoms with van der Waals surface area (Å²) in [6.45, 7) is 9.06. The number of hydrogen-bond donors (Lipinski definition) is 0. The molecule has 0 radical (unpaired) electrons. The van der Waals surface area contributed by atoms with Crippen LogP contribution < -0.4 is 0 Å². The molecule has 1 aliphatic rings. The molecule has 1 saturated heterocycles. The number of allylic oxidation sites excluding steroid dienone is 2. The molecule has 0 aromatic heterocycles. The van der Waals surface area contributed by atoms with E-state index in [9.17, 15) is 0 Å². The average molecular weight is 154 g/mol. The zero-order chi connectivity index (χ0) is 8.27. The molecule has 64 valence electrons. The van der Waals surface area contributed by atoms with Crippen LogP contribution in [0.3, 0.4) is 0 Å². The van der Waals surface area contributed by atoms with Crippen molar-refractivity contribution in [3.8, 4) is 0 Å². The van der Waals surface area contributed by atoms with Crippen LogP contribution in [0.4, 0.5) is 0 Å². The molecule has 1 rings (SSSR count). The summed E-state index contributed by atoms with van der Waals surface area (Å²) >= 11 is 0. The second kappa shape index (κ2) is 3.77. The van der Waals surface area contributed by atoms with E-state index in [1.807, 2.05) is 0 Å². The van der Waals surface area contributed by atoms with Crippen molar-refractivity contribution in [1.29, 1.82) is 0 Å². The standard InChI is InChI=1S/C9H18N2/c1-4-9(2)11-7-5-10(3)6-8-11/h4H,5-8H2,1-3H3/b9-4+. The molecule has 2 nitrogen and oxygen atoms in total. The third-order valence-electron chi connectivity index (χ3n) is 2.42. The lowest BCUT2D eigenvalue weighted by Crippen LogP contribution is -2.43. The molecule has 0 aromatic carbocycles. The van der Waals surface area contributed by atoms with E-state index in [2.05, 4.69) is 36.8 Å². The van der Waals surface area contributed by atoms with Crippen molar-refractivity contribution >= 4 is 0 Å². The lowest BCUT2D eigenvalue weighted by molar-refractivity contribution is 0.186. The Morgan fingerprint density at radius 1 is 1.18 bits per heavy atom. The van der Waals surface area contributed by atoms with Gasteiger partial charge in [-0.1, -0.05) is 6.08 Å². The van der Waals surface area contributed by atoms with E-state index in [1.54, 1.807) is 0 Å². The smallest absolute Gasteiger partial charge is 0.0303 e. The molecule has 0 amide bonds. The molecule has 0 atom stereocenters. The van der Waals surface area contributed by atoms with Crippen LogP contribution in [-0.2, 0) is 0 Å². The predicted molar refractivity (Wildman–Crippen MR) is 48.5 cm³/mol. The van der Waals surface area contributed by atoms with Gasteiger partial charge in [0.2, 0.25) is 0 Å². The van der Waals surface area contributed by atoms with Gasteiger partial charge in [0.1, 0.15) is 0 Å². The Labute approximate surface area is 69.5 Å². The Morgan fingerprint density at radius 3 is 2.18 bits per heavy atom. The summed E-state index contributed by atoms with van der Waals surface area (Å²) in [7, 11) is 2.18. The van der Waals surface area contributed by atoms with Gasteiger partial charge in [0.25, 0.3) is 0 Å². The van der Waals surface area contributed by atoms with Gasteiger partial charge in [-0.3, -0.25) is 0 Å². The Hall–Kier alpha value is -0.500. The summed E-state index contributed by atoms with van der Waals surface area (Å²) in [5.41, 5.74) is 1.41. The fraction of sp³-hybridized carbons (Fsp3) is 0.778. The van der Waals surface area contributed by atoms with Gasteiger partial charge in [-0.25, -0.2) is 0 Å². The van der Waals surface area contributed by atoms with E-state index in [0.29, 0.717) is 0 Å². The zero-order valence-electron chi connectivity index (χ0n) is 7.80. The first-order valence-electron chi connectivity index (χ1n) is 4.30. The van der Waals surface area contributed by atoms with Gasteiger partial charge in [0, 0.05) is 31.9 Å². The highest BCUT2D eigenvalue weighted by atomic mass is 15.2. The monoisotopic (exact) mass is 154 g/mol. The number of likely N-dealkylation sites (N-methyl/N-ethyl adjacent to an activating group) is 1. The molecule has 0 spiro atoms. The van der Waals surface area contributed by atoms with Gasteiger partial charge in [-0.05, 0) is 20.9 Å². The van der Waals surface area contributed by atoms with E-state index in [4.69, 9.17) is 0 Å². The minimum atomic E-state index is 1.19. The first-order chi connectivity index (χ1) is 5.24. The van der Waals surface area contributed by atoms with E-state index in [1.165, 1.54) is 31.9 Å². The van der Waals surface area contributed by atoms with Crippen LogP contribution in [0.25, 0.3) is 0 Å². The van der Waals surface area contributed by atoms with Crippen molar-refractivity contribution in [3.63, 3.8) is 0 Å². The largest absolute Gasteiger partial charge is 0.373 e. The van der Waals surface area contributed by atoms with Gasteiger partial charge < -0.3 is 9.80 Å². The predicted octanol–water partition coefficient (Wildman–Crippen LogP) is 1.16. The van der Waals surface area contributed by atoms with Crippen LogP contribution >= 0.6 is 0 Å². The Morgan fingerprint density at radius 2 is 1.73 bits per heavy atom. The second-order valence-electron chi connectivity index (χ2n) is 3.22. The minimum Gasteiger partial charge on any atom is -0.373 e. The lowest BCUT2D eigenvalue weighted by atomic mass is 10.3. The molecule has 2 heteroatoms. The van der Waals surface area contributed by atoms with Crippen molar-refractivity contribution in [2.75, 3.05) is 33.2 Å². The molecule has 1 aliphatic heterocycles. The van der Waals surface area contributed by atoms with E-state index in [-0.39, 0.29) is 0 Å². The summed E-state index contributed by atoms with van der Waals surface area (Å²) in [4.78, 5) is 4.82. The van der Waals surface area contributed by atoms with Crippen LogP contribution in [0, 0.1) is 0 Å². The molecule has 1 heterocycles. The number of piperazine rings is 1. The average Bonchev–Trinajstić information content (AvgIpc) is 2.05. The topological polar surface area (TPSA) is 6.48 Å². The quantitative estimate of drug-likeness (QED) is 0.559. The molecular formula is C9H18N2. The highest BCUT2D eigenvalue weighted by Gasteiger charge is 2.12. The maximum Gasteiger partial charge on any atom is 0.0303 e. The maximum atomic E-state index is 2.44. The van der Waals surface area contributed by atoms with Crippen LogP contribution in [-0.4, -0.2) is 43.0 Å². The number of rotatable bonds is 1. The number of nitrogens with zero attached hydrogens (tertiary/aromatic N) is 2. The summed E-state index contributed by atoms with van der Waals surface area (Å²) in [5.74, 6) is 0. The van der Waals surface area contributed by atoms with Crippen LogP contribution in [0.2, 0.25) is 0 Å². The SMILES string of the molecule is C/C=C(\C)N1CCN(C)CC1. The third-order valence-corrected chi connectivity index (χ3v) is 2.42. The molecule has 0 aromatic rings. The summed E-state index contributed by atoms with van der Waals surface area (Å²) in [6.07, 6.45) is 2.19. The lowest BCUT2D eigenvalue weighted by Gasteiger charge is -2.34. The van der Waals surface area contributed by atoms with Crippen molar-refractivity contribution in [3.05, 3.63) is 11.8 Å². The van der Waals surface area contributed by atoms with Gasteiger partial charge in [-0.2, -0.15) is 0 Å². The summed E-state index contributed by atoms with van der Waals surface area (Å²) in [6, 6.07) is 0. The van der Waals surface area contributed by atoms with E-state index < -0.39 is 0 Å². The van der Waals surface area contributed by atoms with Crippen molar-refractivity contribution < 1.29 is 0 Å². The Kier molecular flexibility index (Phi) is 2.94. The molecule has 0 aliphatic carbocycles. The fourth-order valence-corrected chi connectivity index (χ4v) is 1.34. The van der Waals surface area contributed by atoms with Crippen LogP contribution in [0.15, 0.2) is 11.8 Å². The first kappa shape index (κ1) is 8.60. The van der Waals surface area contributed by atoms with Gasteiger partial charge in [0.15, 0.2) is 0 Å². The van der Waals surface area contributed by atoms with E-state index >= 15 is 0 Å². The molecule has 0 N–H and O–H groups in total. The van der Waals surface area contributed by atoms with Crippen molar-refractivity contribution in [1.82, 2.24) is 9.80 Å². The number of hydrogen-bond acceptors (Lipinski definition) is 2. The first-order valence-corrected chi connectivity index (χ1v) is 4.30. The normalized spacial score (nSPS) is 22.5.